The molecule has 4 heterocycles. The molecule has 3 aliphatic heterocycles. The molecule has 1 atom stereocenters. The van der Waals surface area contributed by atoms with E-state index in [1.807, 2.05) is 11.8 Å². The molecule has 3 aliphatic rings. The molecule has 3 aromatic rings. The predicted octanol–water partition coefficient (Wildman–Crippen LogP) is 4.16. The van der Waals surface area contributed by atoms with Gasteiger partial charge in [0.2, 0.25) is 5.96 Å². The maximum atomic E-state index is 15.0. The number of hydrogen-bond donors (Lipinski definition) is 0. The van der Waals surface area contributed by atoms with Gasteiger partial charge in [-0.25, -0.2) is 23.1 Å². The van der Waals surface area contributed by atoms with Crippen LogP contribution in [0.15, 0.2) is 41.4 Å². The Balaban J connectivity index is 1.52. The number of hydrogen-bond acceptors (Lipinski definition) is 6. The third-order valence-corrected chi connectivity index (χ3v) is 7.88. The molecule has 1 saturated heterocycles. The van der Waals surface area contributed by atoms with Crippen molar-refractivity contribution in [3.05, 3.63) is 70.7 Å². The van der Waals surface area contributed by atoms with Crippen LogP contribution in [0.1, 0.15) is 47.2 Å². The Labute approximate surface area is 241 Å². The topological polar surface area (TPSA) is 83.3 Å². The van der Waals surface area contributed by atoms with E-state index < -0.39 is 23.4 Å². The number of morpholine rings is 1. The molecule has 0 N–H and O–H groups in total. The van der Waals surface area contributed by atoms with Gasteiger partial charge in [0, 0.05) is 31.3 Å². The van der Waals surface area contributed by atoms with Crippen LogP contribution in [-0.2, 0) is 11.3 Å². The number of ether oxygens (including phenoxy) is 1. The molecule has 0 aliphatic carbocycles. The number of carbonyl (C=O) groups is 2. The van der Waals surface area contributed by atoms with E-state index >= 15 is 4.39 Å². The summed E-state index contributed by atoms with van der Waals surface area (Å²) < 4.78 is 50.6. The fourth-order valence-corrected chi connectivity index (χ4v) is 5.67. The fourth-order valence-electron chi connectivity index (χ4n) is 5.67. The number of fused-ring (bicyclic) bond motifs is 3. The largest absolute Gasteiger partial charge is 0.378 e. The number of anilines is 1. The van der Waals surface area contributed by atoms with Crippen LogP contribution in [0.2, 0.25) is 0 Å². The standard InChI is InChI=1S/C30H31F3N6O3/c1-4-37-29(41)25-27(39-16-24(17(2)3)34-30(37)39)38(15-18-11-20(31)14-21(32)12-18)26(35-25)19-5-6-23(33)22(13-19)28(40)36-7-9-42-10-8-36/h5-6,11-14,17,24H,4,7-10,15-16H2,1-3H3/t24-/m0/s1. The molecule has 9 nitrogen and oxygen atoms in total. The lowest BCUT2D eigenvalue weighted by molar-refractivity contribution is 0.0300. The number of aromatic nitrogens is 2. The van der Waals surface area contributed by atoms with Crippen LogP contribution >= 0.6 is 0 Å². The highest BCUT2D eigenvalue weighted by molar-refractivity contribution is 6.18. The second-order valence-corrected chi connectivity index (χ2v) is 11.0. The van der Waals surface area contributed by atoms with Gasteiger partial charge in [-0.05, 0) is 48.7 Å². The first-order valence-electron chi connectivity index (χ1n) is 14.1. The third kappa shape index (κ3) is 4.83. The lowest BCUT2D eigenvalue weighted by Crippen LogP contribution is -2.50. The van der Waals surface area contributed by atoms with Crippen LogP contribution in [0.25, 0.3) is 11.4 Å². The van der Waals surface area contributed by atoms with Gasteiger partial charge in [-0.2, -0.15) is 0 Å². The minimum Gasteiger partial charge on any atom is -0.378 e. The first-order chi connectivity index (χ1) is 20.2. The molecular weight excluding hydrogens is 549 g/mol. The first kappa shape index (κ1) is 28.0. The van der Waals surface area contributed by atoms with Crippen LogP contribution in [0, 0.1) is 23.4 Å². The van der Waals surface area contributed by atoms with Crippen molar-refractivity contribution in [3.8, 4) is 11.4 Å². The van der Waals surface area contributed by atoms with E-state index in [1.54, 1.807) is 9.47 Å². The summed E-state index contributed by atoms with van der Waals surface area (Å²) in [5.74, 6) is -1.61. The smallest absolute Gasteiger partial charge is 0.283 e. The number of aliphatic imine (C=N–C) groups is 1. The quantitative estimate of drug-likeness (QED) is 0.437. The zero-order chi connectivity index (χ0) is 29.7. The number of carbonyl (C=O) groups excluding carboxylic acids is 2. The van der Waals surface area contributed by atoms with Gasteiger partial charge in [0.25, 0.3) is 11.8 Å². The van der Waals surface area contributed by atoms with Gasteiger partial charge in [-0.1, -0.05) is 13.8 Å². The Morgan fingerprint density at radius 2 is 1.79 bits per heavy atom. The predicted molar refractivity (Wildman–Crippen MR) is 150 cm³/mol. The molecule has 2 amide bonds. The number of guanidine groups is 1. The summed E-state index contributed by atoms with van der Waals surface area (Å²) in [7, 11) is 0. The molecule has 0 unspecified atom stereocenters. The van der Waals surface area contributed by atoms with Crippen molar-refractivity contribution in [1.82, 2.24) is 19.4 Å². The summed E-state index contributed by atoms with van der Waals surface area (Å²) in [6, 6.07) is 7.24. The second-order valence-electron chi connectivity index (χ2n) is 11.0. The number of halogens is 3. The Morgan fingerprint density at radius 1 is 1.07 bits per heavy atom. The van der Waals surface area contributed by atoms with E-state index in [4.69, 9.17) is 14.7 Å². The average Bonchev–Trinajstić information content (AvgIpc) is 3.56. The number of rotatable bonds is 6. The molecule has 1 aromatic heterocycles. The highest BCUT2D eigenvalue weighted by atomic mass is 19.1. The van der Waals surface area contributed by atoms with Gasteiger partial charge >= 0.3 is 0 Å². The van der Waals surface area contributed by atoms with Gasteiger partial charge in [0.15, 0.2) is 5.69 Å². The number of nitrogens with zero attached hydrogens (tertiary/aromatic N) is 6. The van der Waals surface area contributed by atoms with Crippen LogP contribution in [0.5, 0.6) is 0 Å². The molecule has 42 heavy (non-hydrogen) atoms. The molecule has 220 valence electrons. The minimum atomic E-state index is -0.739. The summed E-state index contributed by atoms with van der Waals surface area (Å²) in [5.41, 5.74) is 0.707. The summed E-state index contributed by atoms with van der Waals surface area (Å²) >= 11 is 0. The average molecular weight is 581 g/mol. The molecule has 0 saturated carbocycles. The zero-order valence-electron chi connectivity index (χ0n) is 23.6. The van der Waals surface area contributed by atoms with E-state index in [2.05, 4.69) is 13.8 Å². The van der Waals surface area contributed by atoms with Crippen molar-refractivity contribution in [2.45, 2.75) is 33.4 Å². The lowest BCUT2D eigenvalue weighted by Gasteiger charge is -2.33. The normalized spacial score (nSPS) is 18.5. The van der Waals surface area contributed by atoms with Crippen LogP contribution < -0.4 is 4.90 Å². The zero-order valence-corrected chi connectivity index (χ0v) is 23.6. The Morgan fingerprint density at radius 3 is 2.45 bits per heavy atom. The van der Waals surface area contributed by atoms with Crippen molar-refractivity contribution in [2.24, 2.45) is 10.9 Å². The molecule has 12 heteroatoms. The summed E-state index contributed by atoms with van der Waals surface area (Å²) in [6.45, 7) is 8.17. The SMILES string of the molecule is CCN1C(=O)c2nc(-c3ccc(F)c(C(=O)N4CCOCC4)c3)n(Cc3cc(F)cc(F)c3)c2N2C[C@@H](C(C)C)N=C12. The molecule has 0 bridgehead atoms. The van der Waals surface area contributed by atoms with Gasteiger partial charge in [0.1, 0.15) is 29.1 Å². The Kier molecular flexibility index (Phi) is 7.25. The molecule has 0 radical (unpaired) electrons. The summed E-state index contributed by atoms with van der Waals surface area (Å²) in [4.78, 5) is 41.6. The molecule has 2 aromatic carbocycles. The van der Waals surface area contributed by atoms with E-state index in [0.717, 1.165) is 6.07 Å². The summed E-state index contributed by atoms with van der Waals surface area (Å²) in [5, 5.41) is 0. The Hall–Kier alpha value is -4.19. The number of benzene rings is 2. The summed E-state index contributed by atoms with van der Waals surface area (Å²) in [6.07, 6.45) is 0. The molecule has 6 rings (SSSR count). The van der Waals surface area contributed by atoms with Crippen molar-refractivity contribution in [1.29, 1.82) is 0 Å². The molecule has 1 fully saturated rings. The molecule has 0 spiro atoms. The van der Waals surface area contributed by atoms with E-state index in [-0.39, 0.29) is 41.5 Å². The maximum Gasteiger partial charge on any atom is 0.283 e. The van der Waals surface area contributed by atoms with Crippen LogP contribution in [0.3, 0.4) is 0 Å². The first-order valence-corrected chi connectivity index (χ1v) is 14.1. The van der Waals surface area contributed by atoms with Crippen molar-refractivity contribution in [3.63, 3.8) is 0 Å². The van der Waals surface area contributed by atoms with Gasteiger partial charge < -0.3 is 14.2 Å². The van der Waals surface area contributed by atoms with Crippen LogP contribution in [-0.4, -0.2) is 82.6 Å². The van der Waals surface area contributed by atoms with E-state index in [9.17, 15) is 18.4 Å². The van der Waals surface area contributed by atoms with Crippen LogP contribution in [0.4, 0.5) is 19.0 Å². The van der Waals surface area contributed by atoms with Crippen molar-refractivity contribution >= 4 is 23.6 Å². The number of amides is 2. The van der Waals surface area contributed by atoms with Gasteiger partial charge in [-0.3, -0.25) is 19.4 Å². The monoisotopic (exact) mass is 580 g/mol. The van der Waals surface area contributed by atoms with Crippen molar-refractivity contribution < 1.29 is 27.5 Å². The van der Waals surface area contributed by atoms with Gasteiger partial charge in [-0.15, -0.1) is 0 Å². The van der Waals surface area contributed by atoms with Crippen molar-refractivity contribution in [2.75, 3.05) is 44.3 Å². The minimum absolute atomic E-state index is 0.0357. The third-order valence-electron chi connectivity index (χ3n) is 7.88. The van der Waals surface area contributed by atoms with Gasteiger partial charge in [0.05, 0.1) is 37.9 Å². The Bertz CT molecular complexity index is 1580. The van der Waals surface area contributed by atoms with E-state index in [1.165, 1.54) is 35.2 Å². The maximum absolute atomic E-state index is 15.0. The molecular formula is C30H31F3N6O3. The highest BCUT2D eigenvalue weighted by Crippen LogP contribution is 2.38. The van der Waals surface area contributed by atoms with E-state index in [0.29, 0.717) is 62.3 Å². The lowest BCUT2D eigenvalue weighted by atomic mass is 10.1. The highest BCUT2D eigenvalue weighted by Gasteiger charge is 2.44. The number of imidazole rings is 1. The fraction of sp³-hybridized carbons (Fsp3) is 0.400. The second kappa shape index (κ2) is 10.9.